The van der Waals surface area contributed by atoms with Crippen molar-refractivity contribution < 1.29 is 14.3 Å². The highest BCUT2D eigenvalue weighted by atomic mass is 16.5. The van der Waals surface area contributed by atoms with E-state index >= 15 is 0 Å². The monoisotopic (exact) mass is 369 g/mol. The van der Waals surface area contributed by atoms with Gasteiger partial charge < -0.3 is 15.4 Å². The van der Waals surface area contributed by atoms with Crippen LogP contribution in [0.25, 0.3) is 0 Å². The number of anilines is 2. The van der Waals surface area contributed by atoms with Crippen LogP contribution in [-0.4, -0.2) is 43.0 Å². The lowest BCUT2D eigenvalue weighted by Crippen LogP contribution is -2.46. The Labute approximate surface area is 160 Å². The van der Waals surface area contributed by atoms with Gasteiger partial charge in [-0.2, -0.15) is 0 Å². The van der Waals surface area contributed by atoms with Crippen LogP contribution < -0.4 is 15.4 Å². The van der Waals surface area contributed by atoms with E-state index in [0.717, 1.165) is 12.1 Å². The third kappa shape index (κ3) is 6.11. The molecule has 0 fully saturated rings. The number of carbonyl (C=O) groups excluding carboxylic acids is 2. The number of benzene rings is 2. The molecule has 2 aromatic rings. The van der Waals surface area contributed by atoms with Crippen LogP contribution in [0.1, 0.15) is 20.3 Å². The molecule has 0 saturated heterocycles. The van der Waals surface area contributed by atoms with Gasteiger partial charge in [0.25, 0.3) is 0 Å². The van der Waals surface area contributed by atoms with Crippen molar-refractivity contribution in [3.8, 4) is 5.75 Å². The van der Waals surface area contributed by atoms with Crippen LogP contribution >= 0.6 is 0 Å². The van der Waals surface area contributed by atoms with Crippen molar-refractivity contribution in [3.05, 3.63) is 54.6 Å². The topological polar surface area (TPSA) is 70.7 Å². The van der Waals surface area contributed by atoms with Gasteiger partial charge >= 0.3 is 0 Å². The summed E-state index contributed by atoms with van der Waals surface area (Å²) in [6.45, 7) is 4.59. The lowest BCUT2D eigenvalue weighted by molar-refractivity contribution is -0.123. The van der Waals surface area contributed by atoms with E-state index in [4.69, 9.17) is 4.74 Å². The van der Waals surface area contributed by atoms with Crippen LogP contribution in [0.2, 0.25) is 0 Å². The normalized spacial score (nSPS) is 11.7. The van der Waals surface area contributed by atoms with Gasteiger partial charge in [-0.1, -0.05) is 37.3 Å². The predicted molar refractivity (Wildman–Crippen MR) is 108 cm³/mol. The van der Waals surface area contributed by atoms with Crippen molar-refractivity contribution in [1.29, 1.82) is 0 Å². The molecule has 0 heterocycles. The summed E-state index contributed by atoms with van der Waals surface area (Å²) in [7, 11) is 1.56. The van der Waals surface area contributed by atoms with Crippen molar-refractivity contribution in [2.24, 2.45) is 0 Å². The van der Waals surface area contributed by atoms with Gasteiger partial charge in [0.05, 0.1) is 25.4 Å². The van der Waals surface area contributed by atoms with E-state index in [1.807, 2.05) is 61.2 Å². The smallest absolute Gasteiger partial charge is 0.241 e. The summed E-state index contributed by atoms with van der Waals surface area (Å²) in [5, 5.41) is 5.75. The maximum absolute atomic E-state index is 12.6. The van der Waals surface area contributed by atoms with E-state index in [1.54, 1.807) is 19.2 Å². The molecular formula is C21H27N3O3. The van der Waals surface area contributed by atoms with Gasteiger partial charge in [0.2, 0.25) is 11.8 Å². The van der Waals surface area contributed by atoms with Crippen LogP contribution in [0.15, 0.2) is 54.6 Å². The number of ether oxygens (including phenoxy) is 1. The second-order valence-corrected chi connectivity index (χ2v) is 6.25. The standard InChI is InChI=1S/C21H27N3O3/c1-4-14-24(16(2)21(26)22-17-10-6-5-7-11-17)15-20(25)23-18-12-8-9-13-19(18)27-3/h5-13,16H,4,14-15H2,1-3H3,(H,22,26)(H,23,25). The molecule has 1 unspecified atom stereocenters. The molecule has 0 bridgehead atoms. The zero-order valence-electron chi connectivity index (χ0n) is 16.1. The molecule has 144 valence electrons. The Morgan fingerprint density at radius 2 is 1.70 bits per heavy atom. The lowest BCUT2D eigenvalue weighted by atomic mass is 10.2. The summed E-state index contributed by atoms with van der Waals surface area (Å²) in [5.41, 5.74) is 1.35. The predicted octanol–water partition coefficient (Wildman–Crippen LogP) is 3.37. The van der Waals surface area contributed by atoms with Crippen molar-refractivity contribution in [1.82, 2.24) is 4.90 Å². The average molecular weight is 369 g/mol. The molecule has 27 heavy (non-hydrogen) atoms. The maximum Gasteiger partial charge on any atom is 0.241 e. The van der Waals surface area contributed by atoms with Gasteiger partial charge in [-0.25, -0.2) is 0 Å². The van der Waals surface area contributed by atoms with Gasteiger partial charge in [-0.05, 0) is 44.2 Å². The van der Waals surface area contributed by atoms with Crippen LogP contribution in [-0.2, 0) is 9.59 Å². The molecule has 0 aliphatic carbocycles. The first-order chi connectivity index (χ1) is 13.0. The average Bonchev–Trinajstić information content (AvgIpc) is 2.68. The number of hydrogen-bond acceptors (Lipinski definition) is 4. The number of para-hydroxylation sites is 3. The molecular weight excluding hydrogens is 342 g/mol. The van der Waals surface area contributed by atoms with E-state index in [-0.39, 0.29) is 18.4 Å². The van der Waals surface area contributed by atoms with E-state index in [2.05, 4.69) is 10.6 Å². The van der Waals surface area contributed by atoms with E-state index in [1.165, 1.54) is 0 Å². The summed E-state index contributed by atoms with van der Waals surface area (Å²) < 4.78 is 5.26. The van der Waals surface area contributed by atoms with Gasteiger partial charge in [-0.15, -0.1) is 0 Å². The van der Waals surface area contributed by atoms with Crippen LogP contribution in [0, 0.1) is 0 Å². The highest BCUT2D eigenvalue weighted by Crippen LogP contribution is 2.23. The van der Waals surface area contributed by atoms with Gasteiger partial charge in [0, 0.05) is 5.69 Å². The van der Waals surface area contributed by atoms with E-state index in [0.29, 0.717) is 18.0 Å². The molecule has 2 amide bonds. The second kappa shape index (κ2) is 10.3. The molecule has 0 aliphatic rings. The molecule has 2 N–H and O–H groups in total. The molecule has 2 rings (SSSR count). The highest BCUT2D eigenvalue weighted by molar-refractivity contribution is 5.96. The summed E-state index contributed by atoms with van der Waals surface area (Å²) >= 11 is 0. The molecule has 6 heteroatoms. The number of rotatable bonds is 9. The second-order valence-electron chi connectivity index (χ2n) is 6.25. The maximum atomic E-state index is 12.6. The van der Waals surface area contributed by atoms with Crippen LogP contribution in [0.5, 0.6) is 5.75 Å². The summed E-state index contributed by atoms with van der Waals surface area (Å²) in [6.07, 6.45) is 0.838. The van der Waals surface area contributed by atoms with E-state index < -0.39 is 6.04 Å². The molecule has 2 aromatic carbocycles. The van der Waals surface area contributed by atoms with Crippen molar-refractivity contribution in [2.45, 2.75) is 26.3 Å². The Bertz CT molecular complexity index is 749. The van der Waals surface area contributed by atoms with Crippen molar-refractivity contribution in [2.75, 3.05) is 30.8 Å². The molecule has 0 aliphatic heterocycles. The third-order valence-corrected chi connectivity index (χ3v) is 4.21. The highest BCUT2D eigenvalue weighted by Gasteiger charge is 2.23. The molecule has 1 atom stereocenters. The molecule has 0 aromatic heterocycles. The number of nitrogens with zero attached hydrogens (tertiary/aromatic N) is 1. The number of amides is 2. The lowest BCUT2D eigenvalue weighted by Gasteiger charge is -2.27. The SMILES string of the molecule is CCCN(CC(=O)Nc1ccccc1OC)C(C)C(=O)Nc1ccccc1. The van der Waals surface area contributed by atoms with Crippen molar-refractivity contribution in [3.63, 3.8) is 0 Å². The zero-order valence-corrected chi connectivity index (χ0v) is 16.1. The Morgan fingerprint density at radius 3 is 2.37 bits per heavy atom. The molecule has 0 saturated carbocycles. The Morgan fingerprint density at radius 1 is 1.04 bits per heavy atom. The molecule has 0 spiro atoms. The summed E-state index contributed by atoms with van der Waals surface area (Å²) in [6, 6.07) is 16.1. The summed E-state index contributed by atoms with van der Waals surface area (Å²) in [4.78, 5) is 26.9. The number of hydrogen-bond donors (Lipinski definition) is 2. The van der Waals surface area contributed by atoms with Gasteiger partial charge in [-0.3, -0.25) is 14.5 Å². The fourth-order valence-corrected chi connectivity index (χ4v) is 2.75. The fraction of sp³-hybridized carbons (Fsp3) is 0.333. The largest absolute Gasteiger partial charge is 0.495 e. The number of carbonyl (C=O) groups is 2. The number of methoxy groups -OCH3 is 1. The Kier molecular flexibility index (Phi) is 7.82. The third-order valence-electron chi connectivity index (χ3n) is 4.21. The number of nitrogens with one attached hydrogen (secondary N) is 2. The minimum absolute atomic E-state index is 0.120. The molecule has 6 nitrogen and oxygen atoms in total. The van der Waals surface area contributed by atoms with Gasteiger partial charge in [0.1, 0.15) is 5.75 Å². The van der Waals surface area contributed by atoms with Crippen LogP contribution in [0.4, 0.5) is 11.4 Å². The minimum atomic E-state index is -0.437. The molecule has 0 radical (unpaired) electrons. The first-order valence-electron chi connectivity index (χ1n) is 9.08. The van der Waals surface area contributed by atoms with Crippen LogP contribution in [0.3, 0.4) is 0 Å². The Hall–Kier alpha value is -2.86. The minimum Gasteiger partial charge on any atom is -0.495 e. The van der Waals surface area contributed by atoms with E-state index in [9.17, 15) is 9.59 Å². The van der Waals surface area contributed by atoms with Crippen molar-refractivity contribution >= 4 is 23.2 Å². The Balaban J connectivity index is 2.00. The first kappa shape index (κ1) is 20.5. The summed E-state index contributed by atoms with van der Waals surface area (Å²) in [5.74, 6) is 0.273. The van der Waals surface area contributed by atoms with Gasteiger partial charge in [0.15, 0.2) is 0 Å². The fourth-order valence-electron chi connectivity index (χ4n) is 2.75. The zero-order chi connectivity index (χ0) is 19.6. The quantitative estimate of drug-likeness (QED) is 0.711. The first-order valence-corrected chi connectivity index (χ1v) is 9.08.